The summed E-state index contributed by atoms with van der Waals surface area (Å²) < 4.78 is 30.7. The Hall–Kier alpha value is -2.98. The Bertz CT molecular complexity index is 1540. The van der Waals surface area contributed by atoms with E-state index in [1.165, 1.54) is 16.4 Å². The smallest absolute Gasteiger partial charge is 0.249 e. The van der Waals surface area contributed by atoms with Gasteiger partial charge >= 0.3 is 0 Å². The van der Waals surface area contributed by atoms with E-state index in [9.17, 15) is 18.0 Å². The van der Waals surface area contributed by atoms with Crippen molar-refractivity contribution in [3.63, 3.8) is 0 Å². The van der Waals surface area contributed by atoms with E-state index in [1.807, 2.05) is 51.1 Å². The third kappa shape index (κ3) is 6.33. The summed E-state index contributed by atoms with van der Waals surface area (Å²) in [5.74, 6) is -1.26. The molecule has 7 nitrogen and oxygen atoms in total. The molecule has 4 rings (SSSR count). The fourth-order valence-electron chi connectivity index (χ4n) is 4.81. The highest BCUT2D eigenvalue weighted by molar-refractivity contribution is 9.10. The van der Waals surface area contributed by atoms with Crippen LogP contribution in [0.2, 0.25) is 5.02 Å². The van der Waals surface area contributed by atoms with Gasteiger partial charge in [0.05, 0.1) is 11.1 Å². The first-order valence-corrected chi connectivity index (χ1v) is 15.3. The van der Waals surface area contributed by atoms with E-state index in [4.69, 9.17) is 17.3 Å². The van der Waals surface area contributed by atoms with Crippen LogP contribution in [0.4, 0.5) is 0 Å². The van der Waals surface area contributed by atoms with Gasteiger partial charge in [-0.1, -0.05) is 109 Å². The van der Waals surface area contributed by atoms with Gasteiger partial charge in [0.25, 0.3) is 0 Å². The molecule has 210 valence electrons. The molecule has 1 aliphatic rings. The number of carbonyl (C=O) groups is 2. The van der Waals surface area contributed by atoms with Crippen LogP contribution in [0.3, 0.4) is 0 Å². The molecule has 0 bridgehead atoms. The molecule has 0 saturated heterocycles. The van der Waals surface area contributed by atoms with Crippen molar-refractivity contribution in [2.24, 2.45) is 11.1 Å². The van der Waals surface area contributed by atoms with Crippen LogP contribution >= 0.6 is 27.5 Å². The van der Waals surface area contributed by atoms with E-state index in [1.54, 1.807) is 42.5 Å². The molecule has 0 unspecified atom stereocenters. The topological polar surface area (TPSA) is 110 Å². The minimum atomic E-state index is -4.20. The molecule has 40 heavy (non-hydrogen) atoms. The summed E-state index contributed by atoms with van der Waals surface area (Å²) in [6.45, 7) is 5.72. The molecule has 1 aliphatic heterocycles. The van der Waals surface area contributed by atoms with Gasteiger partial charge in [-0.05, 0) is 40.8 Å². The van der Waals surface area contributed by atoms with Gasteiger partial charge in [0, 0.05) is 22.5 Å². The van der Waals surface area contributed by atoms with Crippen molar-refractivity contribution < 1.29 is 18.0 Å². The zero-order chi connectivity index (χ0) is 29.2. The van der Waals surface area contributed by atoms with Crippen molar-refractivity contribution in [3.8, 4) is 0 Å². The largest absolute Gasteiger partial charge is 0.368 e. The van der Waals surface area contributed by atoms with Gasteiger partial charge in [-0.3, -0.25) is 9.59 Å². The molecule has 0 spiro atoms. The molecule has 0 saturated carbocycles. The van der Waals surface area contributed by atoms with E-state index in [-0.39, 0.29) is 21.9 Å². The SMILES string of the molecule is CC(C)(C)[C@@H]1C=C(C(=O)N[C@@H](Cc2ccccc2)C(N)=O)[C@H](c2ccc(Br)cc2)N1S(=O)(=O)c1ccccc1Cl. The molecular formula is C30H31BrClN3O4S. The maximum Gasteiger partial charge on any atom is 0.249 e. The van der Waals surface area contributed by atoms with Crippen LogP contribution in [-0.4, -0.2) is 36.6 Å². The van der Waals surface area contributed by atoms with Gasteiger partial charge in [0.1, 0.15) is 10.9 Å². The second kappa shape index (κ2) is 11.9. The number of primary amides is 1. The predicted octanol–water partition coefficient (Wildman–Crippen LogP) is 5.40. The van der Waals surface area contributed by atoms with Crippen molar-refractivity contribution in [2.45, 2.75) is 50.2 Å². The number of hydrogen-bond acceptors (Lipinski definition) is 4. The first-order valence-electron chi connectivity index (χ1n) is 12.7. The third-order valence-corrected chi connectivity index (χ3v) is 9.69. The van der Waals surface area contributed by atoms with Crippen LogP contribution < -0.4 is 11.1 Å². The Morgan fingerprint density at radius 3 is 2.17 bits per heavy atom. The summed E-state index contributed by atoms with van der Waals surface area (Å²) in [7, 11) is -4.20. The van der Waals surface area contributed by atoms with E-state index < -0.39 is 45.4 Å². The normalized spacial score (nSPS) is 18.7. The van der Waals surface area contributed by atoms with Crippen molar-refractivity contribution >= 4 is 49.4 Å². The van der Waals surface area contributed by atoms with Crippen LogP contribution in [0.5, 0.6) is 0 Å². The maximum atomic E-state index is 14.3. The average Bonchev–Trinajstić information content (AvgIpc) is 3.32. The first kappa shape index (κ1) is 30.0. The Morgan fingerprint density at radius 1 is 1.00 bits per heavy atom. The van der Waals surface area contributed by atoms with Gasteiger partial charge < -0.3 is 11.1 Å². The second-order valence-corrected chi connectivity index (χ2v) is 13.9. The number of benzene rings is 3. The minimum Gasteiger partial charge on any atom is -0.368 e. The fourth-order valence-corrected chi connectivity index (χ4v) is 7.48. The number of rotatable bonds is 8. The number of halogens is 2. The van der Waals surface area contributed by atoms with Gasteiger partial charge in [0.15, 0.2) is 0 Å². The zero-order valence-electron chi connectivity index (χ0n) is 22.3. The monoisotopic (exact) mass is 643 g/mol. The fraction of sp³-hybridized carbons (Fsp3) is 0.267. The third-order valence-electron chi connectivity index (χ3n) is 6.82. The number of amides is 2. The molecule has 3 aromatic carbocycles. The van der Waals surface area contributed by atoms with E-state index in [0.717, 1.165) is 10.0 Å². The lowest BCUT2D eigenvalue weighted by atomic mass is 9.87. The van der Waals surface area contributed by atoms with E-state index in [2.05, 4.69) is 21.2 Å². The highest BCUT2D eigenvalue weighted by atomic mass is 79.9. The van der Waals surface area contributed by atoms with E-state index in [0.29, 0.717) is 5.56 Å². The van der Waals surface area contributed by atoms with E-state index >= 15 is 0 Å². The second-order valence-electron chi connectivity index (χ2n) is 10.8. The van der Waals surface area contributed by atoms with Crippen LogP contribution in [0.1, 0.15) is 37.9 Å². The predicted molar refractivity (Wildman–Crippen MR) is 160 cm³/mol. The Labute approximate surface area is 248 Å². The molecule has 1 heterocycles. The Balaban J connectivity index is 1.82. The van der Waals surface area contributed by atoms with Crippen LogP contribution in [0.15, 0.2) is 99.9 Å². The molecule has 2 amide bonds. The molecule has 3 atom stereocenters. The van der Waals surface area contributed by atoms with Crippen LogP contribution in [-0.2, 0) is 26.0 Å². The highest BCUT2D eigenvalue weighted by Crippen LogP contribution is 2.47. The first-order chi connectivity index (χ1) is 18.8. The summed E-state index contributed by atoms with van der Waals surface area (Å²) in [6, 6.07) is 19.9. The molecule has 10 heteroatoms. The average molecular weight is 645 g/mol. The lowest BCUT2D eigenvalue weighted by Crippen LogP contribution is -2.48. The zero-order valence-corrected chi connectivity index (χ0v) is 25.5. The number of hydrogen-bond donors (Lipinski definition) is 2. The minimum absolute atomic E-state index is 0.0535. The van der Waals surface area contributed by atoms with Gasteiger partial charge in [-0.15, -0.1) is 0 Å². The van der Waals surface area contributed by atoms with Crippen molar-refractivity contribution in [1.29, 1.82) is 0 Å². The summed E-state index contributed by atoms with van der Waals surface area (Å²) >= 11 is 9.81. The number of nitrogens with one attached hydrogen (secondary N) is 1. The standard InChI is InChI=1S/C30H31BrClN3O4S/c1-30(2,3)26-18-22(29(37)34-24(28(33)36)17-19-9-5-4-6-10-19)27(20-13-15-21(31)16-14-20)35(26)40(38,39)25-12-8-7-11-23(25)32/h4-16,18,24,26-27H,17H2,1-3H3,(H2,33,36)(H,34,37)/t24-,26-,27-/m0/s1. The highest BCUT2D eigenvalue weighted by Gasteiger charge is 2.50. The summed E-state index contributed by atoms with van der Waals surface area (Å²) in [6.07, 6.45) is 1.87. The summed E-state index contributed by atoms with van der Waals surface area (Å²) in [4.78, 5) is 26.2. The van der Waals surface area contributed by atoms with Gasteiger partial charge in [-0.25, -0.2) is 8.42 Å². The summed E-state index contributed by atoms with van der Waals surface area (Å²) in [5.41, 5.74) is 6.70. The van der Waals surface area contributed by atoms with Gasteiger partial charge in [-0.2, -0.15) is 4.31 Å². The van der Waals surface area contributed by atoms with Gasteiger partial charge in [0.2, 0.25) is 21.8 Å². The maximum absolute atomic E-state index is 14.3. The molecule has 0 aliphatic carbocycles. The molecule has 0 fully saturated rings. The Morgan fingerprint density at radius 2 is 1.60 bits per heavy atom. The van der Waals surface area contributed by atoms with Crippen LogP contribution in [0.25, 0.3) is 0 Å². The summed E-state index contributed by atoms with van der Waals surface area (Å²) in [5, 5.41) is 2.86. The number of nitrogens with two attached hydrogens (primary N) is 1. The molecular weight excluding hydrogens is 614 g/mol. The number of sulfonamides is 1. The lowest BCUT2D eigenvalue weighted by Gasteiger charge is -2.37. The number of nitrogens with zero attached hydrogens (tertiary/aromatic N) is 1. The lowest BCUT2D eigenvalue weighted by molar-refractivity contribution is -0.125. The molecule has 3 aromatic rings. The molecule has 0 aromatic heterocycles. The quantitative estimate of drug-likeness (QED) is 0.342. The van der Waals surface area contributed by atoms with Crippen molar-refractivity contribution in [1.82, 2.24) is 9.62 Å². The Kier molecular flexibility index (Phi) is 8.89. The van der Waals surface area contributed by atoms with Crippen LogP contribution in [0, 0.1) is 5.41 Å². The molecule has 3 N–H and O–H groups in total. The van der Waals surface area contributed by atoms with Crippen molar-refractivity contribution in [2.75, 3.05) is 0 Å². The molecule has 0 radical (unpaired) electrons. The van der Waals surface area contributed by atoms with Crippen molar-refractivity contribution in [3.05, 3.63) is 111 Å². The number of carbonyl (C=O) groups excluding carboxylic acids is 2.